The van der Waals surface area contributed by atoms with E-state index in [0.29, 0.717) is 13.2 Å². The van der Waals surface area contributed by atoms with E-state index in [1.54, 1.807) is 13.8 Å². The molecule has 6 heteroatoms. The molecule has 0 spiro atoms. The molecule has 1 aromatic carbocycles. The molecule has 1 fully saturated rings. The smallest absolute Gasteiger partial charge is 0.257 e. The Labute approximate surface area is 109 Å². The Bertz CT molecular complexity index is 507. The molecule has 0 N–H and O–H groups in total. The average molecular weight is 273 g/mol. The maximum Gasteiger partial charge on any atom is 0.257 e. The van der Waals surface area contributed by atoms with Crippen molar-refractivity contribution in [3.8, 4) is 0 Å². The van der Waals surface area contributed by atoms with Gasteiger partial charge in [-0.3, -0.25) is 4.79 Å². The van der Waals surface area contributed by atoms with Crippen molar-refractivity contribution in [2.45, 2.75) is 26.0 Å². The van der Waals surface area contributed by atoms with E-state index in [0.717, 1.165) is 12.1 Å². The van der Waals surface area contributed by atoms with Crippen LogP contribution in [0.5, 0.6) is 0 Å². The van der Waals surface area contributed by atoms with Crippen molar-refractivity contribution < 1.29 is 22.7 Å². The van der Waals surface area contributed by atoms with Crippen LogP contribution in [0.25, 0.3) is 0 Å². The quantitative estimate of drug-likeness (QED) is 0.735. The van der Waals surface area contributed by atoms with Gasteiger partial charge in [0.05, 0.1) is 24.3 Å². The van der Waals surface area contributed by atoms with Gasteiger partial charge in [-0.2, -0.15) is 0 Å². The van der Waals surface area contributed by atoms with Crippen molar-refractivity contribution in [2.24, 2.45) is 0 Å². The molecule has 19 heavy (non-hydrogen) atoms. The van der Waals surface area contributed by atoms with Crippen LogP contribution in [0.1, 0.15) is 24.2 Å². The number of halogens is 3. The van der Waals surface area contributed by atoms with Gasteiger partial charge in [-0.25, -0.2) is 13.2 Å². The van der Waals surface area contributed by atoms with Crippen LogP contribution >= 0.6 is 0 Å². The fourth-order valence-electron chi connectivity index (χ4n) is 2.07. The van der Waals surface area contributed by atoms with Gasteiger partial charge in [0, 0.05) is 6.54 Å². The van der Waals surface area contributed by atoms with E-state index < -0.39 is 28.9 Å². The second-order valence-corrected chi connectivity index (χ2v) is 4.54. The van der Waals surface area contributed by atoms with Gasteiger partial charge in [0.15, 0.2) is 17.5 Å². The summed E-state index contributed by atoms with van der Waals surface area (Å²) in [6, 6.07) is 1.46. The molecule has 1 heterocycles. The molecule has 0 aromatic heterocycles. The fraction of sp³-hybridized carbons (Fsp3) is 0.462. The predicted octanol–water partition coefficient (Wildman–Crippen LogP) is 2.35. The number of carbonyl (C=O) groups excluding carboxylic acids is 1. The van der Waals surface area contributed by atoms with Gasteiger partial charge in [-0.15, -0.1) is 0 Å². The molecule has 1 saturated heterocycles. The summed E-state index contributed by atoms with van der Waals surface area (Å²) in [6.07, 6.45) is -0.189. The molecule has 0 bridgehead atoms. The molecule has 1 aliphatic rings. The molecular weight excluding hydrogens is 259 g/mol. The van der Waals surface area contributed by atoms with Crippen molar-refractivity contribution >= 4 is 5.91 Å². The van der Waals surface area contributed by atoms with Crippen LogP contribution < -0.4 is 0 Å². The number of rotatable bonds is 1. The van der Waals surface area contributed by atoms with E-state index in [1.165, 1.54) is 4.90 Å². The van der Waals surface area contributed by atoms with E-state index in [9.17, 15) is 18.0 Å². The summed E-state index contributed by atoms with van der Waals surface area (Å²) >= 11 is 0. The fourth-order valence-corrected chi connectivity index (χ4v) is 2.07. The zero-order valence-electron chi connectivity index (χ0n) is 10.6. The Kier molecular flexibility index (Phi) is 3.80. The molecule has 1 aliphatic heterocycles. The van der Waals surface area contributed by atoms with Gasteiger partial charge < -0.3 is 9.64 Å². The van der Waals surface area contributed by atoms with Gasteiger partial charge in [0.1, 0.15) is 0 Å². The van der Waals surface area contributed by atoms with Crippen LogP contribution in [0.3, 0.4) is 0 Å². The number of ether oxygens (including phenoxy) is 1. The summed E-state index contributed by atoms with van der Waals surface area (Å²) in [5, 5.41) is 0. The average Bonchev–Trinajstić information content (AvgIpc) is 2.39. The third kappa shape index (κ3) is 2.45. The maximum absolute atomic E-state index is 13.6. The number of hydrogen-bond donors (Lipinski definition) is 0. The Morgan fingerprint density at radius 1 is 1.26 bits per heavy atom. The third-order valence-corrected chi connectivity index (χ3v) is 3.41. The van der Waals surface area contributed by atoms with E-state index in [-0.39, 0.29) is 12.1 Å². The maximum atomic E-state index is 13.6. The lowest BCUT2D eigenvalue weighted by Crippen LogP contribution is -2.51. The summed E-state index contributed by atoms with van der Waals surface area (Å²) in [5.41, 5.74) is -0.458. The van der Waals surface area contributed by atoms with Crippen molar-refractivity contribution in [3.05, 3.63) is 35.1 Å². The van der Waals surface area contributed by atoms with Crippen LogP contribution in [0.2, 0.25) is 0 Å². The molecule has 1 amide bonds. The van der Waals surface area contributed by atoms with Crippen molar-refractivity contribution in [1.82, 2.24) is 4.90 Å². The topological polar surface area (TPSA) is 29.5 Å². The minimum Gasteiger partial charge on any atom is -0.375 e. The first-order valence-electron chi connectivity index (χ1n) is 5.99. The van der Waals surface area contributed by atoms with Gasteiger partial charge in [-0.1, -0.05) is 0 Å². The summed E-state index contributed by atoms with van der Waals surface area (Å²) in [4.78, 5) is 13.6. The Hall–Kier alpha value is -1.56. The minimum atomic E-state index is -1.63. The van der Waals surface area contributed by atoms with Crippen LogP contribution in [0, 0.1) is 17.5 Å². The lowest BCUT2D eigenvalue weighted by molar-refractivity contribution is -0.0442. The largest absolute Gasteiger partial charge is 0.375 e. The first-order valence-corrected chi connectivity index (χ1v) is 5.99. The molecule has 0 aliphatic carbocycles. The Morgan fingerprint density at radius 3 is 2.63 bits per heavy atom. The molecule has 3 nitrogen and oxygen atoms in total. The van der Waals surface area contributed by atoms with E-state index in [2.05, 4.69) is 0 Å². The highest BCUT2D eigenvalue weighted by molar-refractivity contribution is 5.94. The molecule has 1 aromatic rings. The lowest BCUT2D eigenvalue weighted by atomic mass is 10.1. The SMILES string of the molecule is CC1OCCN(C(=O)c2ccc(F)c(F)c2F)C1C. The second-order valence-electron chi connectivity index (χ2n) is 4.54. The van der Waals surface area contributed by atoms with Crippen LogP contribution in [0.4, 0.5) is 13.2 Å². The van der Waals surface area contributed by atoms with Crippen molar-refractivity contribution in [3.63, 3.8) is 0 Å². The molecule has 0 radical (unpaired) electrons. The highest BCUT2D eigenvalue weighted by Crippen LogP contribution is 2.21. The number of benzene rings is 1. The second kappa shape index (κ2) is 5.21. The summed E-state index contributed by atoms with van der Waals surface area (Å²) in [6.45, 7) is 4.19. The predicted molar refractivity (Wildman–Crippen MR) is 62.2 cm³/mol. The first kappa shape index (κ1) is 13.9. The first-order chi connectivity index (χ1) is 8.93. The number of carbonyl (C=O) groups is 1. The van der Waals surface area contributed by atoms with Crippen molar-refractivity contribution in [2.75, 3.05) is 13.2 Å². The molecule has 2 rings (SSSR count). The van der Waals surface area contributed by atoms with Crippen LogP contribution in [-0.4, -0.2) is 36.1 Å². The standard InChI is InChI=1S/C13H14F3NO2/c1-7-8(2)19-6-5-17(7)13(18)9-3-4-10(14)12(16)11(9)15/h3-4,7-8H,5-6H2,1-2H3. The number of nitrogens with zero attached hydrogens (tertiary/aromatic N) is 1. The van der Waals surface area contributed by atoms with Gasteiger partial charge >= 0.3 is 0 Å². The Balaban J connectivity index is 2.32. The number of morpholine rings is 1. The minimum absolute atomic E-state index is 0.189. The van der Waals surface area contributed by atoms with Gasteiger partial charge in [0.2, 0.25) is 0 Å². The molecule has 2 atom stereocenters. The summed E-state index contributed by atoms with van der Waals surface area (Å²) < 4.78 is 44.9. The number of amides is 1. The van der Waals surface area contributed by atoms with Gasteiger partial charge in [-0.05, 0) is 26.0 Å². The zero-order valence-corrected chi connectivity index (χ0v) is 10.6. The van der Waals surface area contributed by atoms with Crippen molar-refractivity contribution in [1.29, 1.82) is 0 Å². The lowest BCUT2D eigenvalue weighted by Gasteiger charge is -2.37. The Morgan fingerprint density at radius 2 is 1.95 bits per heavy atom. The van der Waals surface area contributed by atoms with E-state index >= 15 is 0 Å². The van der Waals surface area contributed by atoms with E-state index in [4.69, 9.17) is 4.74 Å². The monoisotopic (exact) mass is 273 g/mol. The molecule has 2 unspecified atom stereocenters. The molecule has 104 valence electrons. The molecule has 0 saturated carbocycles. The zero-order chi connectivity index (χ0) is 14.2. The van der Waals surface area contributed by atoms with Crippen LogP contribution in [0.15, 0.2) is 12.1 Å². The van der Waals surface area contributed by atoms with E-state index in [1.807, 2.05) is 0 Å². The van der Waals surface area contributed by atoms with Crippen LogP contribution in [-0.2, 0) is 4.74 Å². The van der Waals surface area contributed by atoms with Gasteiger partial charge in [0.25, 0.3) is 5.91 Å². The molecular formula is C13H14F3NO2. The third-order valence-electron chi connectivity index (χ3n) is 3.41. The number of hydrogen-bond acceptors (Lipinski definition) is 2. The summed E-state index contributed by atoms with van der Waals surface area (Å²) in [7, 11) is 0. The summed E-state index contributed by atoms with van der Waals surface area (Å²) in [5.74, 6) is -5.03. The highest BCUT2D eigenvalue weighted by atomic mass is 19.2. The normalized spacial score (nSPS) is 23.5. The highest BCUT2D eigenvalue weighted by Gasteiger charge is 2.31.